The van der Waals surface area contributed by atoms with Gasteiger partial charge in [0.15, 0.2) is 6.61 Å². The van der Waals surface area contributed by atoms with Crippen LogP contribution in [0.15, 0.2) is 30.3 Å². The van der Waals surface area contributed by atoms with Crippen LogP contribution in [0.1, 0.15) is 55.1 Å². The molecule has 152 valence electrons. The summed E-state index contributed by atoms with van der Waals surface area (Å²) in [6.07, 6.45) is 9.82. The molecule has 0 atom stereocenters. The lowest BCUT2D eigenvalue weighted by Crippen LogP contribution is -2.25. The van der Waals surface area contributed by atoms with Gasteiger partial charge in [-0.1, -0.05) is 19.3 Å². The Labute approximate surface area is 170 Å². The molecule has 2 N–H and O–H groups in total. The fourth-order valence-corrected chi connectivity index (χ4v) is 4.38. The smallest absolute Gasteiger partial charge is 0.262 e. The van der Waals surface area contributed by atoms with Gasteiger partial charge in [0.2, 0.25) is 5.91 Å². The Morgan fingerprint density at radius 2 is 2.00 bits per heavy atom. The Bertz CT molecular complexity index is 968. The van der Waals surface area contributed by atoms with Crippen molar-refractivity contribution in [3.8, 4) is 5.75 Å². The highest BCUT2D eigenvalue weighted by Gasteiger charge is 2.19. The third-order valence-electron chi connectivity index (χ3n) is 5.76. The van der Waals surface area contributed by atoms with Crippen molar-refractivity contribution < 1.29 is 14.3 Å². The van der Waals surface area contributed by atoms with Crippen LogP contribution in [0.4, 0.5) is 11.4 Å². The first kappa shape index (κ1) is 19.3. The molecule has 4 rings (SSSR count). The highest BCUT2D eigenvalue weighted by Crippen LogP contribution is 2.33. The molecule has 1 fully saturated rings. The number of anilines is 2. The first-order chi connectivity index (χ1) is 14.0. The molecule has 1 aliphatic heterocycles. The van der Waals surface area contributed by atoms with Gasteiger partial charge in [-0.3, -0.25) is 9.59 Å². The molecule has 0 unspecified atom stereocenters. The normalized spacial score (nSPS) is 17.0. The lowest BCUT2D eigenvalue weighted by molar-refractivity contribution is -0.118. The second kappa shape index (κ2) is 8.15. The van der Waals surface area contributed by atoms with Gasteiger partial charge in [0.25, 0.3) is 5.91 Å². The average molecular weight is 393 g/mol. The summed E-state index contributed by atoms with van der Waals surface area (Å²) >= 11 is 0. The molecule has 0 saturated heterocycles. The summed E-state index contributed by atoms with van der Waals surface area (Å²) in [6.45, 7) is 4.29. The lowest BCUT2D eigenvalue weighted by atomic mass is 9.95. The molecule has 6 nitrogen and oxygen atoms in total. The zero-order chi connectivity index (χ0) is 20.4. The first-order valence-electron chi connectivity index (χ1n) is 10.3. The van der Waals surface area contributed by atoms with E-state index in [4.69, 9.17) is 4.74 Å². The number of benzene rings is 1. The number of nitrogens with zero attached hydrogens (tertiary/aromatic N) is 1. The SMILES string of the molecule is Cc1cc(/C=C/C(=O)Nc2ccc3c(c2)NC(=O)CO3)c(C)n1C1CCCCC1. The number of hydrogen-bond acceptors (Lipinski definition) is 3. The van der Waals surface area contributed by atoms with Crippen LogP contribution in [-0.2, 0) is 9.59 Å². The predicted molar refractivity (Wildman–Crippen MR) is 114 cm³/mol. The van der Waals surface area contributed by atoms with E-state index in [2.05, 4.69) is 35.1 Å². The molecule has 2 aromatic rings. The van der Waals surface area contributed by atoms with Gasteiger partial charge in [0, 0.05) is 29.2 Å². The molecular formula is C23H27N3O3. The summed E-state index contributed by atoms with van der Waals surface area (Å²) in [5.74, 6) is 0.193. The molecule has 1 aromatic carbocycles. The van der Waals surface area contributed by atoms with Crippen molar-refractivity contribution in [3.05, 3.63) is 47.3 Å². The van der Waals surface area contributed by atoms with Crippen molar-refractivity contribution in [3.63, 3.8) is 0 Å². The van der Waals surface area contributed by atoms with E-state index in [0.29, 0.717) is 23.2 Å². The minimum Gasteiger partial charge on any atom is -0.482 e. The highest BCUT2D eigenvalue weighted by molar-refractivity contribution is 6.03. The maximum atomic E-state index is 12.4. The second-order valence-electron chi connectivity index (χ2n) is 7.86. The van der Waals surface area contributed by atoms with Gasteiger partial charge >= 0.3 is 0 Å². The van der Waals surface area contributed by atoms with E-state index in [-0.39, 0.29) is 18.4 Å². The number of carbonyl (C=O) groups excluding carboxylic acids is 2. The average Bonchev–Trinajstić information content (AvgIpc) is 3.00. The maximum absolute atomic E-state index is 12.4. The number of nitrogens with one attached hydrogen (secondary N) is 2. The van der Waals surface area contributed by atoms with E-state index in [9.17, 15) is 9.59 Å². The molecule has 1 saturated carbocycles. The van der Waals surface area contributed by atoms with E-state index in [0.717, 1.165) is 5.56 Å². The van der Waals surface area contributed by atoms with Gasteiger partial charge in [0.1, 0.15) is 5.75 Å². The van der Waals surface area contributed by atoms with Crippen molar-refractivity contribution in [1.29, 1.82) is 0 Å². The Morgan fingerprint density at radius 1 is 1.21 bits per heavy atom. The minimum atomic E-state index is -0.213. The monoisotopic (exact) mass is 393 g/mol. The second-order valence-corrected chi connectivity index (χ2v) is 7.86. The summed E-state index contributed by atoms with van der Waals surface area (Å²) in [4.78, 5) is 23.9. The van der Waals surface area contributed by atoms with Gasteiger partial charge in [-0.2, -0.15) is 0 Å². The number of amides is 2. The molecule has 1 aromatic heterocycles. The van der Waals surface area contributed by atoms with Crippen LogP contribution >= 0.6 is 0 Å². The zero-order valence-electron chi connectivity index (χ0n) is 17.0. The Morgan fingerprint density at radius 3 is 2.79 bits per heavy atom. The molecule has 0 spiro atoms. The summed E-state index contributed by atoms with van der Waals surface area (Å²) in [6, 6.07) is 7.93. The Balaban J connectivity index is 1.45. The molecule has 6 heteroatoms. The van der Waals surface area contributed by atoms with Crippen LogP contribution in [-0.4, -0.2) is 23.0 Å². The third-order valence-corrected chi connectivity index (χ3v) is 5.76. The minimum absolute atomic E-state index is 0.0146. The van der Waals surface area contributed by atoms with E-state index >= 15 is 0 Å². The number of aryl methyl sites for hydroxylation is 1. The predicted octanol–water partition coefficient (Wildman–Crippen LogP) is 4.59. The largest absolute Gasteiger partial charge is 0.482 e. The molecule has 2 heterocycles. The highest BCUT2D eigenvalue weighted by atomic mass is 16.5. The number of aromatic nitrogens is 1. The summed E-state index contributed by atoms with van der Waals surface area (Å²) < 4.78 is 7.77. The third kappa shape index (κ3) is 4.21. The van der Waals surface area contributed by atoms with Crippen molar-refractivity contribution in [2.75, 3.05) is 17.2 Å². The standard InChI is InChI=1S/C23H27N3O3/c1-15-12-17(16(2)26(15)19-6-4-3-5-7-19)8-11-22(27)24-18-9-10-21-20(13-18)25-23(28)14-29-21/h8-13,19H,3-7,14H2,1-2H3,(H,24,27)(H,25,28)/b11-8+. The number of fused-ring (bicyclic) bond motifs is 1. The van der Waals surface area contributed by atoms with Crippen molar-refractivity contribution >= 4 is 29.3 Å². The molecule has 0 radical (unpaired) electrons. The zero-order valence-corrected chi connectivity index (χ0v) is 17.0. The molecular weight excluding hydrogens is 366 g/mol. The van der Waals surface area contributed by atoms with E-state index in [1.807, 2.05) is 6.08 Å². The fourth-order valence-electron chi connectivity index (χ4n) is 4.38. The molecule has 0 bridgehead atoms. The van der Waals surface area contributed by atoms with Crippen molar-refractivity contribution in [2.45, 2.75) is 52.0 Å². The number of rotatable bonds is 4. The van der Waals surface area contributed by atoms with Crippen LogP contribution in [0.2, 0.25) is 0 Å². The van der Waals surface area contributed by atoms with E-state index < -0.39 is 0 Å². The van der Waals surface area contributed by atoms with Crippen LogP contribution in [0.3, 0.4) is 0 Å². The number of carbonyl (C=O) groups is 2. The molecule has 29 heavy (non-hydrogen) atoms. The van der Waals surface area contributed by atoms with Gasteiger partial charge in [-0.05, 0) is 62.6 Å². The van der Waals surface area contributed by atoms with Crippen LogP contribution < -0.4 is 15.4 Å². The first-order valence-corrected chi connectivity index (χ1v) is 10.3. The van der Waals surface area contributed by atoms with E-state index in [1.54, 1.807) is 24.3 Å². The molecule has 1 aliphatic carbocycles. The topological polar surface area (TPSA) is 72.4 Å². The lowest BCUT2D eigenvalue weighted by Gasteiger charge is -2.26. The van der Waals surface area contributed by atoms with Gasteiger partial charge in [-0.15, -0.1) is 0 Å². The van der Waals surface area contributed by atoms with Crippen LogP contribution in [0.25, 0.3) is 6.08 Å². The number of hydrogen-bond donors (Lipinski definition) is 2. The van der Waals surface area contributed by atoms with Crippen molar-refractivity contribution in [2.24, 2.45) is 0 Å². The van der Waals surface area contributed by atoms with E-state index in [1.165, 1.54) is 43.5 Å². The van der Waals surface area contributed by atoms with Crippen molar-refractivity contribution in [1.82, 2.24) is 4.57 Å². The van der Waals surface area contributed by atoms with Gasteiger partial charge in [-0.25, -0.2) is 0 Å². The Hall–Kier alpha value is -3.02. The van der Waals surface area contributed by atoms with Crippen LogP contribution in [0, 0.1) is 13.8 Å². The summed E-state index contributed by atoms with van der Waals surface area (Å²) in [7, 11) is 0. The maximum Gasteiger partial charge on any atom is 0.262 e. The quantitative estimate of drug-likeness (QED) is 0.746. The van der Waals surface area contributed by atoms with Gasteiger partial charge < -0.3 is 19.9 Å². The summed E-state index contributed by atoms with van der Waals surface area (Å²) in [5, 5.41) is 5.58. The molecule has 2 amide bonds. The van der Waals surface area contributed by atoms with Gasteiger partial charge in [0.05, 0.1) is 5.69 Å². The Kier molecular flexibility index (Phi) is 5.43. The summed E-state index contributed by atoms with van der Waals surface area (Å²) in [5.41, 5.74) is 4.72. The molecule has 2 aliphatic rings. The number of ether oxygens (including phenoxy) is 1. The van der Waals surface area contributed by atoms with Crippen LogP contribution in [0.5, 0.6) is 5.75 Å². The fraction of sp³-hybridized carbons (Fsp3) is 0.391.